The van der Waals surface area contributed by atoms with Crippen LogP contribution >= 0.6 is 0 Å². The lowest BCUT2D eigenvalue weighted by molar-refractivity contribution is -0.132. The number of aryl methyl sites for hydroxylation is 2. The van der Waals surface area contributed by atoms with Crippen LogP contribution < -0.4 is 5.32 Å². The van der Waals surface area contributed by atoms with E-state index in [9.17, 15) is 9.59 Å². The summed E-state index contributed by atoms with van der Waals surface area (Å²) in [6, 6.07) is 14.0. The van der Waals surface area contributed by atoms with E-state index in [-0.39, 0.29) is 17.9 Å². The fraction of sp³-hybridized carbons (Fsp3) is 0.516. The number of aliphatic imine (C=N–C) groups is 1. The van der Waals surface area contributed by atoms with Crippen LogP contribution in [-0.4, -0.2) is 34.6 Å². The molecule has 36 heavy (non-hydrogen) atoms. The smallest absolute Gasteiger partial charge is 0.275 e. The molecule has 1 spiro atoms. The van der Waals surface area contributed by atoms with Crippen molar-refractivity contribution in [1.82, 2.24) is 10.2 Å². The van der Waals surface area contributed by atoms with Crippen LogP contribution in [0.25, 0.3) is 0 Å². The number of benzene rings is 2. The van der Waals surface area contributed by atoms with Crippen molar-refractivity contribution in [3.8, 4) is 0 Å². The predicted molar refractivity (Wildman–Crippen MR) is 146 cm³/mol. The van der Waals surface area contributed by atoms with E-state index in [2.05, 4.69) is 43.1 Å². The van der Waals surface area contributed by atoms with Gasteiger partial charge in [0.15, 0.2) is 0 Å². The highest BCUT2D eigenvalue weighted by Crippen LogP contribution is 2.46. The predicted octanol–water partition coefficient (Wildman–Crippen LogP) is 6.67. The molecule has 4 rings (SSSR count). The number of unbranched alkanes of at least 4 members (excludes halogenated alkanes) is 1. The van der Waals surface area contributed by atoms with Gasteiger partial charge < -0.3 is 10.2 Å². The van der Waals surface area contributed by atoms with E-state index in [1.807, 2.05) is 37.3 Å². The molecule has 5 heteroatoms. The second-order valence-corrected chi connectivity index (χ2v) is 10.5. The topological polar surface area (TPSA) is 61.8 Å². The standard InChI is InChI=1S/C31H41N3O2/c1-5-7-14-26(24-15-17-25(18-16-24)29(35)32-21-6-2)34-30(36)28(27-22(3)12-11-13-23(27)4)33-31(34)19-9-8-10-20-31/h11-13,15-18,26H,5-10,14,19-21H2,1-4H3,(H,32,35). The summed E-state index contributed by atoms with van der Waals surface area (Å²) in [7, 11) is 0. The number of carbonyl (C=O) groups excluding carboxylic acids is 2. The monoisotopic (exact) mass is 487 g/mol. The molecule has 2 aromatic rings. The highest BCUT2D eigenvalue weighted by molar-refractivity contribution is 6.47. The molecule has 0 aromatic heterocycles. The van der Waals surface area contributed by atoms with Crippen molar-refractivity contribution in [1.29, 1.82) is 0 Å². The van der Waals surface area contributed by atoms with Crippen LogP contribution in [0.3, 0.4) is 0 Å². The third kappa shape index (κ3) is 5.11. The van der Waals surface area contributed by atoms with E-state index in [4.69, 9.17) is 4.99 Å². The molecule has 1 unspecified atom stereocenters. The van der Waals surface area contributed by atoms with Gasteiger partial charge in [-0.25, -0.2) is 0 Å². The minimum atomic E-state index is -0.477. The zero-order valence-electron chi connectivity index (χ0n) is 22.4. The molecule has 1 atom stereocenters. The number of hydrogen-bond donors (Lipinski definition) is 1. The lowest BCUT2D eigenvalue weighted by Gasteiger charge is -2.44. The Morgan fingerprint density at radius 2 is 1.67 bits per heavy atom. The van der Waals surface area contributed by atoms with Crippen LogP contribution in [0.2, 0.25) is 0 Å². The Kier molecular flexibility index (Phi) is 8.28. The summed E-state index contributed by atoms with van der Waals surface area (Å²) in [6.07, 6.45) is 9.08. The average Bonchev–Trinajstić information content (AvgIpc) is 3.14. The quantitative estimate of drug-likeness (QED) is 0.429. The summed E-state index contributed by atoms with van der Waals surface area (Å²) in [5, 5.41) is 2.95. The van der Waals surface area contributed by atoms with Crippen molar-refractivity contribution in [2.24, 2.45) is 4.99 Å². The third-order valence-electron chi connectivity index (χ3n) is 7.80. The van der Waals surface area contributed by atoms with Crippen molar-refractivity contribution < 1.29 is 9.59 Å². The molecule has 2 aliphatic rings. The van der Waals surface area contributed by atoms with E-state index in [0.29, 0.717) is 17.8 Å². The fourth-order valence-corrected chi connectivity index (χ4v) is 5.91. The number of nitrogens with zero attached hydrogens (tertiary/aromatic N) is 2. The number of hydrogen-bond acceptors (Lipinski definition) is 3. The maximum absolute atomic E-state index is 14.3. The first-order valence-electron chi connectivity index (χ1n) is 13.8. The first-order chi connectivity index (χ1) is 17.4. The van der Waals surface area contributed by atoms with E-state index >= 15 is 0 Å². The summed E-state index contributed by atoms with van der Waals surface area (Å²) in [5.41, 5.74) is 5.09. The number of carbonyl (C=O) groups is 2. The molecule has 2 amide bonds. The second kappa shape index (κ2) is 11.4. The highest BCUT2D eigenvalue weighted by Gasteiger charge is 2.51. The van der Waals surface area contributed by atoms with Crippen molar-refractivity contribution in [2.75, 3.05) is 6.54 Å². The molecule has 5 nitrogen and oxygen atoms in total. The van der Waals surface area contributed by atoms with Gasteiger partial charge in [0.25, 0.3) is 11.8 Å². The average molecular weight is 488 g/mol. The summed E-state index contributed by atoms with van der Waals surface area (Å²) >= 11 is 0. The Morgan fingerprint density at radius 3 is 2.28 bits per heavy atom. The Bertz CT molecular complexity index is 1090. The van der Waals surface area contributed by atoms with Gasteiger partial charge in [0.1, 0.15) is 11.4 Å². The van der Waals surface area contributed by atoms with Crippen molar-refractivity contribution in [3.05, 3.63) is 70.3 Å². The fourth-order valence-electron chi connectivity index (χ4n) is 5.91. The van der Waals surface area contributed by atoms with Gasteiger partial charge in [-0.15, -0.1) is 0 Å². The molecule has 2 aromatic carbocycles. The summed E-state index contributed by atoms with van der Waals surface area (Å²) in [6.45, 7) is 9.06. The van der Waals surface area contributed by atoms with Crippen LogP contribution in [0.15, 0.2) is 47.5 Å². The van der Waals surface area contributed by atoms with E-state index in [0.717, 1.165) is 73.6 Å². The van der Waals surface area contributed by atoms with Gasteiger partial charge in [-0.1, -0.05) is 63.4 Å². The molecular formula is C31H41N3O2. The first-order valence-corrected chi connectivity index (χ1v) is 13.8. The zero-order chi connectivity index (χ0) is 25.7. The summed E-state index contributed by atoms with van der Waals surface area (Å²) in [5.74, 6) is 0.00956. The van der Waals surface area contributed by atoms with Gasteiger partial charge in [-0.05, 0) is 81.2 Å². The molecule has 1 saturated carbocycles. The maximum atomic E-state index is 14.3. The number of rotatable bonds is 9. The van der Waals surface area contributed by atoms with Gasteiger partial charge in [-0.2, -0.15) is 0 Å². The molecule has 1 heterocycles. The molecule has 192 valence electrons. The van der Waals surface area contributed by atoms with Crippen molar-refractivity contribution in [3.63, 3.8) is 0 Å². The van der Waals surface area contributed by atoms with Gasteiger partial charge in [0.05, 0.1) is 6.04 Å². The second-order valence-electron chi connectivity index (χ2n) is 10.5. The Labute approximate surface area is 216 Å². The molecule has 1 N–H and O–H groups in total. The van der Waals surface area contributed by atoms with Crippen LogP contribution in [0.5, 0.6) is 0 Å². The normalized spacial score (nSPS) is 17.8. The van der Waals surface area contributed by atoms with Gasteiger partial charge >= 0.3 is 0 Å². The Balaban J connectivity index is 1.74. The van der Waals surface area contributed by atoms with Crippen molar-refractivity contribution >= 4 is 17.5 Å². The van der Waals surface area contributed by atoms with E-state index in [1.165, 1.54) is 6.42 Å². The molecule has 1 aliphatic heterocycles. The molecule has 1 aliphatic carbocycles. The lowest BCUT2D eigenvalue weighted by Crippen LogP contribution is -2.50. The minimum Gasteiger partial charge on any atom is -0.352 e. The van der Waals surface area contributed by atoms with E-state index in [1.54, 1.807) is 0 Å². The largest absolute Gasteiger partial charge is 0.352 e. The van der Waals surface area contributed by atoms with Gasteiger partial charge in [-0.3, -0.25) is 14.6 Å². The van der Waals surface area contributed by atoms with Crippen LogP contribution in [0, 0.1) is 13.8 Å². The maximum Gasteiger partial charge on any atom is 0.275 e. The molecule has 0 saturated heterocycles. The third-order valence-corrected chi connectivity index (χ3v) is 7.80. The zero-order valence-corrected chi connectivity index (χ0v) is 22.4. The Hall–Kier alpha value is -2.95. The number of amides is 2. The summed E-state index contributed by atoms with van der Waals surface area (Å²) in [4.78, 5) is 34.2. The molecule has 0 bridgehead atoms. The van der Waals surface area contributed by atoms with Crippen LogP contribution in [0.4, 0.5) is 0 Å². The lowest BCUT2D eigenvalue weighted by atomic mass is 9.86. The van der Waals surface area contributed by atoms with Crippen LogP contribution in [0.1, 0.15) is 110 Å². The van der Waals surface area contributed by atoms with Gasteiger partial charge in [0, 0.05) is 17.7 Å². The SMILES string of the molecule is CCCCC(c1ccc(C(=O)NCCC)cc1)N1C(=O)C(c2c(C)cccc2C)=NC12CCCCC2. The summed E-state index contributed by atoms with van der Waals surface area (Å²) < 4.78 is 0. The molecule has 1 fully saturated rings. The van der Waals surface area contributed by atoms with Crippen molar-refractivity contribution in [2.45, 2.75) is 97.2 Å². The van der Waals surface area contributed by atoms with Crippen LogP contribution in [-0.2, 0) is 4.79 Å². The van der Waals surface area contributed by atoms with E-state index < -0.39 is 5.66 Å². The first kappa shape index (κ1) is 26.1. The number of nitrogens with one attached hydrogen (secondary N) is 1. The minimum absolute atomic E-state index is 0.0462. The molecular weight excluding hydrogens is 446 g/mol. The van der Waals surface area contributed by atoms with Gasteiger partial charge in [0.2, 0.25) is 0 Å². The highest BCUT2D eigenvalue weighted by atomic mass is 16.2. The Morgan fingerprint density at radius 1 is 1.00 bits per heavy atom. The molecule has 0 radical (unpaired) electrons.